The quantitative estimate of drug-likeness (QED) is 0.785. The summed E-state index contributed by atoms with van der Waals surface area (Å²) in [6.45, 7) is 0. The Morgan fingerprint density at radius 2 is 1.93 bits per heavy atom. The van der Waals surface area contributed by atoms with Crippen molar-refractivity contribution in [1.29, 1.82) is 0 Å². The number of hydrogen-bond acceptors (Lipinski definition) is 2. The molecule has 0 unspecified atom stereocenters. The number of halogens is 2. The molecule has 1 aromatic heterocycles. The van der Waals surface area contributed by atoms with Crippen molar-refractivity contribution in [3.8, 4) is 0 Å². The van der Waals surface area contributed by atoms with Crippen molar-refractivity contribution < 1.29 is 0 Å². The Bertz CT molecular complexity index is 386. The number of rotatable bonds is 2. The molecule has 2 aromatic rings. The largest absolute Gasteiger partial charge is 0.229 e. The molecule has 1 nitrogen and oxygen atoms in total. The van der Waals surface area contributed by atoms with Gasteiger partial charge in [-0.15, -0.1) is 23.7 Å². The monoisotopic (exact) mass is 245 g/mol. The fourth-order valence-corrected chi connectivity index (χ4v) is 2.11. The lowest BCUT2D eigenvalue weighted by Crippen LogP contribution is -1.85. The maximum Gasteiger partial charge on any atom is 0.140 e. The Morgan fingerprint density at radius 3 is 2.50 bits per heavy atom. The van der Waals surface area contributed by atoms with Crippen LogP contribution in [0, 0.1) is 0 Å². The van der Waals surface area contributed by atoms with Gasteiger partial charge in [-0.25, -0.2) is 4.98 Å². The molecule has 4 heteroatoms. The van der Waals surface area contributed by atoms with Crippen molar-refractivity contribution in [2.45, 2.75) is 6.42 Å². The van der Waals surface area contributed by atoms with E-state index in [2.05, 4.69) is 17.1 Å². The van der Waals surface area contributed by atoms with E-state index in [1.807, 2.05) is 23.6 Å². The van der Waals surface area contributed by atoms with E-state index >= 15 is 0 Å². The van der Waals surface area contributed by atoms with Crippen molar-refractivity contribution in [2.75, 3.05) is 0 Å². The molecular weight excluding hydrogens is 237 g/mol. The maximum absolute atomic E-state index is 5.73. The van der Waals surface area contributed by atoms with Crippen molar-refractivity contribution in [3.05, 3.63) is 51.4 Å². The van der Waals surface area contributed by atoms with E-state index in [0.717, 1.165) is 11.4 Å². The lowest BCUT2D eigenvalue weighted by atomic mass is 10.2. The third-order valence-electron chi connectivity index (χ3n) is 1.72. The minimum Gasteiger partial charge on any atom is -0.229 e. The summed E-state index contributed by atoms with van der Waals surface area (Å²) in [6.07, 6.45) is 0.873. The van der Waals surface area contributed by atoms with E-state index in [1.54, 1.807) is 11.3 Å². The Labute approximate surface area is 98.2 Å². The second kappa shape index (κ2) is 5.35. The molecule has 0 N–H and O–H groups in total. The molecule has 0 spiro atoms. The molecule has 1 aromatic carbocycles. The number of thiazole rings is 1. The fraction of sp³-hybridized carbons (Fsp3) is 0.100. The van der Waals surface area contributed by atoms with Gasteiger partial charge in [0.2, 0.25) is 0 Å². The van der Waals surface area contributed by atoms with Crippen LogP contribution in [0.1, 0.15) is 10.6 Å². The molecule has 0 aliphatic heterocycles. The normalized spacial score (nSPS) is 9.50. The van der Waals surface area contributed by atoms with E-state index in [0.29, 0.717) is 5.15 Å². The van der Waals surface area contributed by atoms with Gasteiger partial charge in [-0.1, -0.05) is 41.9 Å². The van der Waals surface area contributed by atoms with Crippen LogP contribution < -0.4 is 0 Å². The Balaban J connectivity index is 0.000000980. The van der Waals surface area contributed by atoms with Crippen molar-refractivity contribution in [3.63, 3.8) is 0 Å². The zero-order valence-electron chi connectivity index (χ0n) is 7.31. The second-order valence-electron chi connectivity index (χ2n) is 2.73. The molecule has 0 bridgehead atoms. The van der Waals surface area contributed by atoms with Crippen LogP contribution in [0.4, 0.5) is 0 Å². The van der Waals surface area contributed by atoms with Crippen LogP contribution in [-0.2, 0) is 6.42 Å². The molecule has 2 rings (SSSR count). The molecule has 0 aliphatic carbocycles. The summed E-state index contributed by atoms with van der Waals surface area (Å²) in [4.78, 5) is 4.19. The predicted octanol–water partition coefficient (Wildman–Crippen LogP) is 3.81. The first-order valence-electron chi connectivity index (χ1n) is 3.98. The standard InChI is InChI=1S/C10H8ClNS.ClH/c11-9-7-13-10(12-9)6-8-4-2-1-3-5-8;/h1-5,7H,6H2;1H. The number of nitrogens with zero attached hydrogens (tertiary/aromatic N) is 1. The lowest BCUT2D eigenvalue weighted by molar-refractivity contribution is 1.14. The summed E-state index contributed by atoms with van der Waals surface area (Å²) in [5.41, 5.74) is 1.27. The highest BCUT2D eigenvalue weighted by molar-refractivity contribution is 7.10. The van der Waals surface area contributed by atoms with E-state index in [9.17, 15) is 0 Å². The van der Waals surface area contributed by atoms with Gasteiger partial charge in [0, 0.05) is 11.8 Å². The van der Waals surface area contributed by atoms with Crippen LogP contribution in [0.15, 0.2) is 35.7 Å². The van der Waals surface area contributed by atoms with Crippen LogP contribution in [0.5, 0.6) is 0 Å². The summed E-state index contributed by atoms with van der Waals surface area (Å²) < 4.78 is 0. The zero-order chi connectivity index (χ0) is 9.10. The highest BCUT2D eigenvalue weighted by Gasteiger charge is 2.00. The van der Waals surface area contributed by atoms with Gasteiger partial charge in [0.25, 0.3) is 0 Å². The summed E-state index contributed by atoms with van der Waals surface area (Å²) in [6, 6.07) is 10.3. The Hall–Kier alpha value is -0.570. The molecule has 0 amide bonds. The molecule has 0 saturated carbocycles. The first-order chi connectivity index (χ1) is 6.34. The molecule has 0 radical (unpaired) electrons. The van der Waals surface area contributed by atoms with Gasteiger partial charge in [-0.05, 0) is 5.56 Å². The molecule has 0 saturated heterocycles. The Morgan fingerprint density at radius 1 is 1.21 bits per heavy atom. The van der Waals surface area contributed by atoms with Crippen LogP contribution in [0.2, 0.25) is 5.15 Å². The summed E-state index contributed by atoms with van der Waals surface area (Å²) >= 11 is 7.33. The average Bonchev–Trinajstić information content (AvgIpc) is 2.53. The minimum absolute atomic E-state index is 0. The second-order valence-corrected chi connectivity index (χ2v) is 4.06. The van der Waals surface area contributed by atoms with E-state index < -0.39 is 0 Å². The molecule has 0 fully saturated rings. The third kappa shape index (κ3) is 2.98. The highest BCUT2D eigenvalue weighted by atomic mass is 35.5. The number of hydrogen-bond donors (Lipinski definition) is 0. The highest BCUT2D eigenvalue weighted by Crippen LogP contribution is 2.17. The van der Waals surface area contributed by atoms with Gasteiger partial charge in [-0.3, -0.25) is 0 Å². The fourth-order valence-electron chi connectivity index (χ4n) is 1.14. The van der Waals surface area contributed by atoms with Crippen LogP contribution in [-0.4, -0.2) is 4.98 Å². The Kier molecular flexibility index (Phi) is 4.39. The zero-order valence-corrected chi connectivity index (χ0v) is 9.70. The van der Waals surface area contributed by atoms with E-state index in [-0.39, 0.29) is 12.4 Å². The van der Waals surface area contributed by atoms with Crippen molar-refractivity contribution in [2.24, 2.45) is 0 Å². The first kappa shape index (κ1) is 11.5. The SMILES string of the molecule is Cl.Clc1csc(Cc2ccccc2)n1. The molecule has 0 aliphatic rings. The van der Waals surface area contributed by atoms with Gasteiger partial charge in [0.1, 0.15) is 5.15 Å². The first-order valence-corrected chi connectivity index (χ1v) is 5.24. The van der Waals surface area contributed by atoms with E-state index in [1.165, 1.54) is 5.56 Å². The molecule has 14 heavy (non-hydrogen) atoms. The maximum atomic E-state index is 5.73. The van der Waals surface area contributed by atoms with E-state index in [4.69, 9.17) is 11.6 Å². The van der Waals surface area contributed by atoms with Crippen LogP contribution >= 0.6 is 35.3 Å². The third-order valence-corrected chi connectivity index (χ3v) is 2.89. The van der Waals surface area contributed by atoms with Gasteiger partial charge in [0.15, 0.2) is 0 Å². The number of aromatic nitrogens is 1. The average molecular weight is 246 g/mol. The lowest BCUT2D eigenvalue weighted by Gasteiger charge is -1.95. The summed E-state index contributed by atoms with van der Waals surface area (Å²) in [5, 5.41) is 3.52. The number of benzene rings is 1. The van der Waals surface area contributed by atoms with Crippen molar-refractivity contribution in [1.82, 2.24) is 4.98 Å². The minimum atomic E-state index is 0. The van der Waals surface area contributed by atoms with Gasteiger partial charge in [-0.2, -0.15) is 0 Å². The van der Waals surface area contributed by atoms with Gasteiger partial charge < -0.3 is 0 Å². The smallest absolute Gasteiger partial charge is 0.140 e. The predicted molar refractivity (Wildman–Crippen MR) is 63.6 cm³/mol. The van der Waals surface area contributed by atoms with Gasteiger partial charge >= 0.3 is 0 Å². The molecular formula is C10H9Cl2NS. The topological polar surface area (TPSA) is 12.9 Å². The summed E-state index contributed by atoms with van der Waals surface area (Å²) in [5.74, 6) is 0. The summed E-state index contributed by atoms with van der Waals surface area (Å²) in [7, 11) is 0. The molecule has 1 heterocycles. The van der Waals surface area contributed by atoms with Crippen molar-refractivity contribution >= 4 is 35.3 Å². The van der Waals surface area contributed by atoms with Gasteiger partial charge in [0.05, 0.1) is 5.01 Å². The van der Waals surface area contributed by atoms with Crippen LogP contribution in [0.25, 0.3) is 0 Å². The van der Waals surface area contributed by atoms with Crippen LogP contribution in [0.3, 0.4) is 0 Å². The molecule has 0 atom stereocenters. The molecule has 74 valence electrons.